The lowest BCUT2D eigenvalue weighted by Gasteiger charge is -2.29. The van der Waals surface area contributed by atoms with Crippen molar-refractivity contribution in [2.45, 2.75) is 39.8 Å². The van der Waals surface area contributed by atoms with Gasteiger partial charge in [-0.2, -0.15) is 0 Å². The standard InChI is InChI=1S/C32H35N5O3S/c1-6-40-23-15-12-21(13-16-23)36-19-9-11-26(36)29-28(25-10-7-8-18-33-25)35-31(41)37(29)22-14-17-24(27(20-22)39-5)34-30(38)32(2,3)4/h7-20,28-29H,6H2,1-5H3,(H,34,38)(H,35,41)/t28-,29+/m0/s1. The van der Waals surface area contributed by atoms with Crippen LogP contribution in [0.1, 0.15) is 51.2 Å². The predicted molar refractivity (Wildman–Crippen MR) is 166 cm³/mol. The van der Waals surface area contributed by atoms with Gasteiger partial charge in [-0.3, -0.25) is 9.78 Å². The minimum Gasteiger partial charge on any atom is -0.494 e. The lowest BCUT2D eigenvalue weighted by Crippen LogP contribution is -2.30. The monoisotopic (exact) mass is 569 g/mol. The van der Waals surface area contributed by atoms with E-state index in [2.05, 4.69) is 31.2 Å². The van der Waals surface area contributed by atoms with E-state index in [0.717, 1.165) is 28.5 Å². The minimum absolute atomic E-state index is 0.0943. The van der Waals surface area contributed by atoms with Gasteiger partial charge in [-0.1, -0.05) is 26.8 Å². The van der Waals surface area contributed by atoms with Gasteiger partial charge < -0.3 is 29.6 Å². The number of benzene rings is 2. The van der Waals surface area contributed by atoms with Crippen LogP contribution in [0.3, 0.4) is 0 Å². The molecule has 2 aromatic carbocycles. The molecule has 212 valence electrons. The summed E-state index contributed by atoms with van der Waals surface area (Å²) in [6.07, 6.45) is 3.84. The molecule has 2 N–H and O–H groups in total. The Morgan fingerprint density at radius 3 is 2.46 bits per heavy atom. The highest BCUT2D eigenvalue weighted by Crippen LogP contribution is 2.44. The molecule has 2 atom stereocenters. The van der Waals surface area contributed by atoms with Crippen LogP contribution in [0.5, 0.6) is 11.5 Å². The fourth-order valence-electron chi connectivity index (χ4n) is 4.92. The van der Waals surface area contributed by atoms with E-state index in [1.54, 1.807) is 13.3 Å². The lowest BCUT2D eigenvalue weighted by molar-refractivity contribution is -0.123. The first-order chi connectivity index (χ1) is 19.7. The molecule has 1 aliphatic rings. The molecule has 2 aromatic heterocycles. The SMILES string of the molecule is CCOc1ccc(-n2cccc2[C@@H]2[C@H](c3ccccn3)NC(=S)N2c2ccc(NC(=O)C(C)(C)C)c(OC)c2)cc1. The van der Waals surface area contributed by atoms with Crippen molar-refractivity contribution in [3.05, 3.63) is 96.6 Å². The Bertz CT molecular complexity index is 1530. The van der Waals surface area contributed by atoms with Crippen LogP contribution in [0.15, 0.2) is 85.2 Å². The number of thiocarbonyl (C=S) groups is 1. The maximum Gasteiger partial charge on any atom is 0.229 e. The summed E-state index contributed by atoms with van der Waals surface area (Å²) in [7, 11) is 1.59. The Labute approximate surface area is 246 Å². The van der Waals surface area contributed by atoms with Gasteiger partial charge in [0, 0.05) is 40.9 Å². The van der Waals surface area contributed by atoms with Crippen LogP contribution in [0.2, 0.25) is 0 Å². The van der Waals surface area contributed by atoms with Crippen LogP contribution < -0.4 is 25.0 Å². The van der Waals surface area contributed by atoms with Crippen molar-refractivity contribution in [2.24, 2.45) is 5.41 Å². The average molecular weight is 570 g/mol. The number of carbonyl (C=O) groups excluding carboxylic acids is 1. The Balaban J connectivity index is 1.58. The molecule has 8 nitrogen and oxygen atoms in total. The summed E-state index contributed by atoms with van der Waals surface area (Å²) in [5.41, 5.74) is 3.80. The number of aromatic nitrogens is 2. The highest BCUT2D eigenvalue weighted by Gasteiger charge is 2.42. The summed E-state index contributed by atoms with van der Waals surface area (Å²) in [5.74, 6) is 1.28. The first-order valence-electron chi connectivity index (χ1n) is 13.6. The predicted octanol–water partition coefficient (Wildman–Crippen LogP) is 6.44. The van der Waals surface area contributed by atoms with E-state index >= 15 is 0 Å². The Morgan fingerprint density at radius 1 is 1.05 bits per heavy atom. The van der Waals surface area contributed by atoms with Crippen molar-refractivity contribution in [3.8, 4) is 17.2 Å². The third-order valence-electron chi connectivity index (χ3n) is 7.00. The molecular weight excluding hydrogens is 534 g/mol. The van der Waals surface area contributed by atoms with Gasteiger partial charge in [0.2, 0.25) is 5.91 Å². The van der Waals surface area contributed by atoms with E-state index in [1.807, 2.05) is 101 Å². The first kappa shape index (κ1) is 28.2. The smallest absolute Gasteiger partial charge is 0.229 e. The minimum atomic E-state index is -0.544. The maximum absolute atomic E-state index is 12.7. The molecule has 1 aliphatic heterocycles. The molecule has 5 rings (SSSR count). The number of hydrogen-bond acceptors (Lipinski definition) is 5. The number of hydrogen-bond donors (Lipinski definition) is 2. The van der Waals surface area contributed by atoms with Crippen molar-refractivity contribution in [1.82, 2.24) is 14.9 Å². The van der Waals surface area contributed by atoms with Gasteiger partial charge in [-0.25, -0.2) is 0 Å². The van der Waals surface area contributed by atoms with E-state index in [4.69, 9.17) is 21.7 Å². The van der Waals surface area contributed by atoms with E-state index in [0.29, 0.717) is 23.2 Å². The maximum atomic E-state index is 12.7. The fraction of sp³-hybridized carbons (Fsp3) is 0.281. The largest absolute Gasteiger partial charge is 0.494 e. The van der Waals surface area contributed by atoms with E-state index < -0.39 is 5.41 Å². The highest BCUT2D eigenvalue weighted by atomic mass is 32.1. The number of rotatable bonds is 8. The van der Waals surface area contributed by atoms with Crippen LogP contribution >= 0.6 is 12.2 Å². The van der Waals surface area contributed by atoms with Crippen molar-refractivity contribution in [2.75, 3.05) is 23.9 Å². The van der Waals surface area contributed by atoms with Gasteiger partial charge >= 0.3 is 0 Å². The van der Waals surface area contributed by atoms with Crippen molar-refractivity contribution >= 4 is 34.6 Å². The fourth-order valence-corrected chi connectivity index (χ4v) is 5.26. The van der Waals surface area contributed by atoms with Crippen molar-refractivity contribution in [3.63, 3.8) is 0 Å². The van der Waals surface area contributed by atoms with E-state index in [1.165, 1.54) is 0 Å². The van der Waals surface area contributed by atoms with E-state index in [9.17, 15) is 4.79 Å². The second-order valence-corrected chi connectivity index (χ2v) is 11.2. The third kappa shape index (κ3) is 5.76. The molecule has 0 radical (unpaired) electrons. The second-order valence-electron chi connectivity index (χ2n) is 10.8. The van der Waals surface area contributed by atoms with E-state index in [-0.39, 0.29) is 18.0 Å². The Hall–Kier alpha value is -4.37. The van der Waals surface area contributed by atoms with Gasteiger partial charge in [0.05, 0.1) is 31.1 Å². The van der Waals surface area contributed by atoms with Crippen LogP contribution in [0.25, 0.3) is 5.69 Å². The van der Waals surface area contributed by atoms with Gasteiger partial charge in [0.15, 0.2) is 5.11 Å². The Morgan fingerprint density at radius 2 is 1.80 bits per heavy atom. The van der Waals surface area contributed by atoms with Crippen LogP contribution in [-0.2, 0) is 4.79 Å². The quantitative estimate of drug-likeness (QED) is 0.236. The molecule has 1 amide bonds. The summed E-state index contributed by atoms with van der Waals surface area (Å²) in [4.78, 5) is 19.5. The normalized spacial score (nSPS) is 16.8. The second kappa shape index (κ2) is 11.6. The first-order valence-corrected chi connectivity index (χ1v) is 14.0. The molecule has 0 spiro atoms. The van der Waals surface area contributed by atoms with Crippen molar-refractivity contribution < 1.29 is 14.3 Å². The number of nitrogens with one attached hydrogen (secondary N) is 2. The van der Waals surface area contributed by atoms with Gasteiger partial charge in [0.25, 0.3) is 0 Å². The number of anilines is 2. The number of nitrogens with zero attached hydrogens (tertiary/aromatic N) is 3. The number of amides is 1. The van der Waals surface area contributed by atoms with Gasteiger partial charge in [-0.05, 0) is 79.8 Å². The van der Waals surface area contributed by atoms with Crippen LogP contribution in [0.4, 0.5) is 11.4 Å². The summed E-state index contributed by atoms with van der Waals surface area (Å²) in [6, 6.07) is 23.3. The number of methoxy groups -OCH3 is 1. The van der Waals surface area contributed by atoms with Crippen LogP contribution in [0, 0.1) is 5.41 Å². The molecule has 3 heterocycles. The van der Waals surface area contributed by atoms with Gasteiger partial charge in [0.1, 0.15) is 17.5 Å². The molecule has 41 heavy (non-hydrogen) atoms. The third-order valence-corrected chi connectivity index (χ3v) is 7.31. The summed E-state index contributed by atoms with van der Waals surface area (Å²) in [5, 5.41) is 7.08. The molecular formula is C32H35N5O3S. The zero-order valence-corrected chi connectivity index (χ0v) is 24.7. The molecule has 0 saturated carbocycles. The zero-order chi connectivity index (χ0) is 29.1. The molecule has 0 unspecified atom stereocenters. The Kier molecular flexibility index (Phi) is 7.99. The topological polar surface area (TPSA) is 80.7 Å². The summed E-state index contributed by atoms with van der Waals surface area (Å²) < 4.78 is 13.5. The molecule has 4 aromatic rings. The van der Waals surface area contributed by atoms with Crippen LogP contribution in [-0.4, -0.2) is 34.3 Å². The number of ether oxygens (including phenoxy) is 2. The molecule has 1 saturated heterocycles. The highest BCUT2D eigenvalue weighted by molar-refractivity contribution is 7.80. The molecule has 9 heteroatoms. The molecule has 0 aliphatic carbocycles. The van der Waals surface area contributed by atoms with Gasteiger partial charge in [-0.15, -0.1) is 0 Å². The number of pyridine rings is 1. The molecule has 1 fully saturated rings. The number of carbonyl (C=O) groups is 1. The zero-order valence-electron chi connectivity index (χ0n) is 23.9. The lowest BCUT2D eigenvalue weighted by atomic mass is 9.95. The van der Waals surface area contributed by atoms with Crippen molar-refractivity contribution in [1.29, 1.82) is 0 Å². The average Bonchev–Trinajstić information content (AvgIpc) is 3.58. The summed E-state index contributed by atoms with van der Waals surface area (Å²) >= 11 is 5.94. The summed E-state index contributed by atoms with van der Waals surface area (Å²) in [6.45, 7) is 8.21. The molecule has 0 bridgehead atoms.